The van der Waals surface area contributed by atoms with Gasteiger partial charge in [0.25, 0.3) is 0 Å². The Balaban J connectivity index is 1.72. The number of nitrogens with zero attached hydrogens (tertiary/aromatic N) is 1. The van der Waals surface area contributed by atoms with Crippen LogP contribution in [0.2, 0.25) is 0 Å². The summed E-state index contributed by atoms with van der Waals surface area (Å²) in [5.41, 5.74) is 6.60. The lowest BCUT2D eigenvalue weighted by Crippen LogP contribution is -2.33. The van der Waals surface area contributed by atoms with E-state index in [1.54, 1.807) is 18.2 Å². The summed E-state index contributed by atoms with van der Waals surface area (Å²) < 4.78 is 56.0. The molecule has 2 aromatic rings. The van der Waals surface area contributed by atoms with Crippen molar-refractivity contribution in [1.29, 1.82) is 5.26 Å². The first-order valence-electron chi connectivity index (χ1n) is 11.2. The quantitative estimate of drug-likeness (QED) is 0.565. The van der Waals surface area contributed by atoms with E-state index in [1.807, 2.05) is 13.8 Å². The highest BCUT2D eigenvalue weighted by Crippen LogP contribution is 2.48. The zero-order valence-corrected chi connectivity index (χ0v) is 20.0. The summed E-state index contributed by atoms with van der Waals surface area (Å²) in [5.74, 6) is 0.0303. The zero-order valence-electron chi connectivity index (χ0n) is 20.0. The van der Waals surface area contributed by atoms with E-state index in [-0.39, 0.29) is 35.0 Å². The van der Waals surface area contributed by atoms with Gasteiger partial charge in [-0.1, -0.05) is 26.0 Å². The molecule has 0 aromatic heterocycles. The van der Waals surface area contributed by atoms with Gasteiger partial charge in [0.15, 0.2) is 5.78 Å². The number of carbonyl (C=O) groups excluding carboxylic acids is 1. The van der Waals surface area contributed by atoms with Gasteiger partial charge in [-0.2, -0.15) is 18.4 Å². The van der Waals surface area contributed by atoms with E-state index in [1.165, 1.54) is 19.2 Å². The summed E-state index contributed by atoms with van der Waals surface area (Å²) in [6.07, 6.45) is -3.70. The van der Waals surface area contributed by atoms with Crippen LogP contribution in [0.4, 0.5) is 13.2 Å². The van der Waals surface area contributed by atoms with Crippen molar-refractivity contribution in [2.45, 2.75) is 45.4 Å². The predicted molar refractivity (Wildman–Crippen MR) is 124 cm³/mol. The van der Waals surface area contributed by atoms with Crippen molar-refractivity contribution in [3.05, 3.63) is 81.9 Å². The van der Waals surface area contributed by atoms with Crippen molar-refractivity contribution in [1.82, 2.24) is 0 Å². The second-order valence-electron chi connectivity index (χ2n) is 9.59. The molecular formula is C27H25F3N2O4. The molecule has 4 rings (SSSR count). The van der Waals surface area contributed by atoms with Gasteiger partial charge in [-0.3, -0.25) is 4.79 Å². The average Bonchev–Trinajstić information content (AvgIpc) is 2.80. The molecule has 2 aliphatic rings. The van der Waals surface area contributed by atoms with Gasteiger partial charge < -0.3 is 19.9 Å². The molecule has 2 N–H and O–H groups in total. The van der Waals surface area contributed by atoms with E-state index in [2.05, 4.69) is 6.07 Å². The van der Waals surface area contributed by atoms with Crippen molar-refractivity contribution in [2.24, 2.45) is 11.1 Å². The van der Waals surface area contributed by atoms with Gasteiger partial charge in [-0.25, -0.2) is 0 Å². The summed E-state index contributed by atoms with van der Waals surface area (Å²) >= 11 is 0. The van der Waals surface area contributed by atoms with Gasteiger partial charge in [-0.05, 0) is 41.3 Å². The van der Waals surface area contributed by atoms with Crippen LogP contribution in [0.1, 0.15) is 49.3 Å². The van der Waals surface area contributed by atoms with Gasteiger partial charge in [0.1, 0.15) is 35.5 Å². The maximum atomic E-state index is 13.2. The molecule has 6 nitrogen and oxygen atoms in total. The smallest absolute Gasteiger partial charge is 0.416 e. The Bertz CT molecular complexity index is 1320. The molecule has 1 atom stereocenters. The highest BCUT2D eigenvalue weighted by Gasteiger charge is 2.43. The number of ether oxygens (including phenoxy) is 3. The average molecular weight is 499 g/mol. The normalized spacial score (nSPS) is 19.4. The number of benzene rings is 2. The molecule has 36 heavy (non-hydrogen) atoms. The molecule has 0 unspecified atom stereocenters. The molecule has 0 amide bonds. The lowest BCUT2D eigenvalue weighted by molar-refractivity contribution is -0.137. The van der Waals surface area contributed by atoms with Crippen LogP contribution in [-0.2, 0) is 22.3 Å². The van der Waals surface area contributed by atoms with Gasteiger partial charge in [0.05, 0.1) is 18.6 Å². The van der Waals surface area contributed by atoms with E-state index in [0.717, 1.165) is 12.1 Å². The Morgan fingerprint density at radius 1 is 1.19 bits per heavy atom. The molecule has 1 heterocycles. The monoisotopic (exact) mass is 498 g/mol. The molecule has 2 aromatic carbocycles. The number of nitrogens with two attached hydrogens (primary N) is 1. The molecule has 0 saturated heterocycles. The van der Waals surface area contributed by atoms with Crippen LogP contribution in [0.5, 0.6) is 11.5 Å². The molecule has 0 spiro atoms. The number of hydrogen-bond acceptors (Lipinski definition) is 6. The first-order chi connectivity index (χ1) is 16.9. The summed E-state index contributed by atoms with van der Waals surface area (Å²) in [6.45, 7) is 3.82. The SMILES string of the molecule is COc1ccc([C@@H]2C(C#N)=C(N)OC3=C2C(=O)CC(C)(C)C3)cc1COc1cccc(C(F)(F)F)c1. The van der Waals surface area contributed by atoms with Crippen LogP contribution < -0.4 is 15.2 Å². The van der Waals surface area contributed by atoms with Crippen LogP contribution in [0.3, 0.4) is 0 Å². The zero-order chi connectivity index (χ0) is 26.3. The molecule has 1 aliphatic heterocycles. The highest BCUT2D eigenvalue weighted by molar-refractivity contribution is 6.00. The first-order valence-corrected chi connectivity index (χ1v) is 11.2. The van der Waals surface area contributed by atoms with E-state index in [9.17, 15) is 23.2 Å². The summed E-state index contributed by atoms with van der Waals surface area (Å²) in [4.78, 5) is 13.2. The third kappa shape index (κ3) is 4.89. The van der Waals surface area contributed by atoms with Crippen molar-refractivity contribution in [3.63, 3.8) is 0 Å². The number of alkyl halides is 3. The third-order valence-electron chi connectivity index (χ3n) is 6.27. The molecule has 0 bridgehead atoms. The van der Waals surface area contributed by atoms with Gasteiger partial charge in [-0.15, -0.1) is 0 Å². The molecule has 0 fully saturated rings. The Hall–Kier alpha value is -3.93. The minimum atomic E-state index is -4.49. The highest BCUT2D eigenvalue weighted by atomic mass is 19.4. The largest absolute Gasteiger partial charge is 0.496 e. The third-order valence-corrected chi connectivity index (χ3v) is 6.27. The summed E-state index contributed by atoms with van der Waals surface area (Å²) in [7, 11) is 1.46. The fourth-order valence-electron chi connectivity index (χ4n) is 4.63. The van der Waals surface area contributed by atoms with E-state index in [0.29, 0.717) is 41.1 Å². The van der Waals surface area contributed by atoms with Crippen molar-refractivity contribution in [2.75, 3.05) is 7.11 Å². The lowest BCUT2D eigenvalue weighted by atomic mass is 9.70. The predicted octanol–water partition coefficient (Wildman–Crippen LogP) is 5.74. The second kappa shape index (κ2) is 9.26. The molecule has 1 aliphatic carbocycles. The minimum absolute atomic E-state index is 0.0416. The lowest BCUT2D eigenvalue weighted by Gasteiger charge is -2.37. The first kappa shape index (κ1) is 25.2. The van der Waals surface area contributed by atoms with Crippen LogP contribution in [0, 0.1) is 16.7 Å². The minimum Gasteiger partial charge on any atom is -0.496 e. The Morgan fingerprint density at radius 3 is 2.61 bits per heavy atom. The van der Waals surface area contributed by atoms with Crippen LogP contribution >= 0.6 is 0 Å². The molecule has 188 valence electrons. The van der Waals surface area contributed by atoms with Gasteiger partial charge in [0.2, 0.25) is 5.88 Å². The second-order valence-corrected chi connectivity index (χ2v) is 9.59. The fourth-order valence-corrected chi connectivity index (χ4v) is 4.63. The van der Waals surface area contributed by atoms with Crippen LogP contribution in [-0.4, -0.2) is 12.9 Å². The summed E-state index contributed by atoms with van der Waals surface area (Å²) in [6, 6.07) is 11.8. The van der Waals surface area contributed by atoms with E-state index < -0.39 is 17.7 Å². The van der Waals surface area contributed by atoms with Crippen molar-refractivity contribution >= 4 is 5.78 Å². The van der Waals surface area contributed by atoms with Crippen molar-refractivity contribution < 1.29 is 32.2 Å². The number of Topliss-reactive ketones (excluding diaryl/α,β-unsaturated/α-hetero) is 1. The number of nitriles is 1. The Morgan fingerprint density at radius 2 is 1.94 bits per heavy atom. The van der Waals surface area contributed by atoms with Crippen molar-refractivity contribution in [3.8, 4) is 17.6 Å². The Kier molecular flexibility index (Phi) is 6.48. The van der Waals surface area contributed by atoms with Crippen LogP contribution in [0.15, 0.2) is 65.3 Å². The number of methoxy groups -OCH3 is 1. The van der Waals surface area contributed by atoms with Gasteiger partial charge >= 0.3 is 6.18 Å². The number of rotatable bonds is 5. The fraction of sp³-hybridized carbons (Fsp3) is 0.333. The molecule has 9 heteroatoms. The van der Waals surface area contributed by atoms with Gasteiger partial charge in [0, 0.05) is 24.0 Å². The number of hydrogen-bond donors (Lipinski definition) is 1. The number of carbonyl (C=O) groups is 1. The summed E-state index contributed by atoms with van der Waals surface area (Å²) in [5, 5.41) is 9.84. The number of allylic oxidation sites excluding steroid dienone is 3. The topological polar surface area (TPSA) is 94.6 Å². The maximum Gasteiger partial charge on any atom is 0.416 e. The molecule has 0 radical (unpaired) electrons. The number of halogens is 3. The molecule has 0 saturated carbocycles. The van der Waals surface area contributed by atoms with E-state index in [4.69, 9.17) is 19.9 Å². The van der Waals surface area contributed by atoms with Crippen LogP contribution in [0.25, 0.3) is 0 Å². The molecular weight excluding hydrogens is 473 g/mol. The van der Waals surface area contributed by atoms with E-state index >= 15 is 0 Å². The maximum absolute atomic E-state index is 13.2. The Labute approximate surface area is 206 Å². The number of ketones is 1. The standard InChI is InChI=1S/C27H25F3N2O4/c1-26(2)11-20(33)24-22(12-26)36-25(32)19(13-31)23(24)15-7-8-21(34-3)16(9-15)14-35-18-6-4-5-17(10-18)27(28,29)30/h4-10,23H,11-12,14,32H2,1-3H3/t23-/m1/s1.